The maximum Gasteiger partial charge on any atom is 0.239 e. The first kappa shape index (κ1) is 22.6. The fraction of sp³-hybridized carbons (Fsp3) is 0.565. The molecule has 0 N–H and O–H groups in total. The van der Waals surface area contributed by atoms with Crippen molar-refractivity contribution in [3.05, 3.63) is 29.9 Å². The van der Waals surface area contributed by atoms with E-state index in [9.17, 15) is 0 Å². The highest BCUT2D eigenvalue weighted by Crippen LogP contribution is 2.41. The maximum absolute atomic E-state index is 5.52. The number of thioether (sulfide) groups is 1. The van der Waals surface area contributed by atoms with Gasteiger partial charge in [-0.1, -0.05) is 43.1 Å². The molecule has 0 aliphatic heterocycles. The van der Waals surface area contributed by atoms with Crippen molar-refractivity contribution in [2.45, 2.75) is 75.2 Å². The van der Waals surface area contributed by atoms with Crippen LogP contribution in [0.1, 0.15) is 75.4 Å². The van der Waals surface area contributed by atoms with E-state index in [0.29, 0.717) is 23.4 Å². The molecule has 172 valence electrons. The zero-order chi connectivity index (χ0) is 22.5. The minimum Gasteiger partial charge on any atom is -0.493 e. The summed E-state index contributed by atoms with van der Waals surface area (Å²) < 4.78 is 18.7. The van der Waals surface area contributed by atoms with Crippen molar-refractivity contribution in [2.75, 3.05) is 14.2 Å². The Bertz CT molecular complexity index is 1030. The van der Waals surface area contributed by atoms with Crippen LogP contribution in [0.3, 0.4) is 0 Å². The molecule has 0 bridgehead atoms. The number of aryl methyl sites for hydroxylation is 1. The molecule has 1 fully saturated rings. The number of benzene rings is 1. The number of nitrogens with zero attached hydrogens (tertiary/aromatic N) is 5. The molecule has 8 nitrogen and oxygen atoms in total. The van der Waals surface area contributed by atoms with Gasteiger partial charge in [0.25, 0.3) is 0 Å². The third kappa shape index (κ3) is 4.77. The molecule has 9 heteroatoms. The van der Waals surface area contributed by atoms with E-state index in [1.807, 2.05) is 18.2 Å². The van der Waals surface area contributed by atoms with E-state index in [2.05, 4.69) is 38.8 Å². The summed E-state index contributed by atoms with van der Waals surface area (Å²) in [6, 6.07) is 6.26. The average molecular weight is 458 g/mol. The predicted molar refractivity (Wildman–Crippen MR) is 123 cm³/mol. The van der Waals surface area contributed by atoms with E-state index in [-0.39, 0.29) is 5.25 Å². The van der Waals surface area contributed by atoms with Crippen LogP contribution in [-0.2, 0) is 6.42 Å². The zero-order valence-electron chi connectivity index (χ0n) is 19.2. The molecule has 1 saturated carbocycles. The second kappa shape index (κ2) is 10.4. The first-order valence-electron chi connectivity index (χ1n) is 11.3. The Balaban J connectivity index is 1.67. The van der Waals surface area contributed by atoms with Crippen molar-refractivity contribution < 1.29 is 14.0 Å². The van der Waals surface area contributed by atoms with E-state index < -0.39 is 0 Å². The number of hydrogen-bond donors (Lipinski definition) is 0. The van der Waals surface area contributed by atoms with Gasteiger partial charge in [0.05, 0.1) is 19.5 Å². The van der Waals surface area contributed by atoms with Gasteiger partial charge in [0, 0.05) is 18.0 Å². The van der Waals surface area contributed by atoms with Crippen LogP contribution in [-0.4, -0.2) is 39.1 Å². The van der Waals surface area contributed by atoms with Crippen molar-refractivity contribution in [1.82, 2.24) is 24.9 Å². The summed E-state index contributed by atoms with van der Waals surface area (Å²) in [6.07, 6.45) is 7.79. The molecule has 4 rings (SSSR count). The first-order chi connectivity index (χ1) is 15.6. The van der Waals surface area contributed by atoms with Gasteiger partial charge in [-0.2, -0.15) is 4.98 Å². The average Bonchev–Trinajstić information content (AvgIpc) is 3.47. The van der Waals surface area contributed by atoms with Crippen molar-refractivity contribution in [3.8, 4) is 22.9 Å². The van der Waals surface area contributed by atoms with Crippen LogP contribution in [0.4, 0.5) is 0 Å². The Hall–Kier alpha value is -2.55. The molecule has 0 amide bonds. The van der Waals surface area contributed by atoms with Crippen LogP contribution in [0.15, 0.2) is 27.9 Å². The lowest BCUT2D eigenvalue weighted by Gasteiger charge is -2.26. The second-order valence-corrected chi connectivity index (χ2v) is 9.40. The largest absolute Gasteiger partial charge is 0.493 e. The minimum atomic E-state index is -0.0158. The molecule has 3 aromatic rings. The quantitative estimate of drug-likeness (QED) is 0.381. The maximum atomic E-state index is 5.52. The van der Waals surface area contributed by atoms with Gasteiger partial charge >= 0.3 is 0 Å². The summed E-state index contributed by atoms with van der Waals surface area (Å²) >= 11 is 1.62. The van der Waals surface area contributed by atoms with Crippen molar-refractivity contribution in [1.29, 1.82) is 0 Å². The van der Waals surface area contributed by atoms with Crippen LogP contribution < -0.4 is 9.47 Å². The van der Waals surface area contributed by atoms with E-state index >= 15 is 0 Å². The van der Waals surface area contributed by atoms with Gasteiger partial charge in [-0.15, -0.1) is 10.2 Å². The van der Waals surface area contributed by atoms with Gasteiger partial charge in [0.1, 0.15) is 0 Å². The lowest BCUT2D eigenvalue weighted by molar-refractivity contribution is 0.338. The van der Waals surface area contributed by atoms with Crippen molar-refractivity contribution >= 4 is 11.8 Å². The molecule has 2 aromatic heterocycles. The SMILES string of the molecule is CCCc1noc([C@@H](C)Sc2nnc(-c3ccc(OC)c(OC)c3)n2C2CCCCC2)n1. The Kier molecular flexibility index (Phi) is 7.34. The highest BCUT2D eigenvalue weighted by atomic mass is 32.2. The van der Waals surface area contributed by atoms with Gasteiger partial charge in [-0.3, -0.25) is 4.57 Å². The molecular formula is C23H31N5O3S. The molecule has 1 aliphatic rings. The fourth-order valence-corrected chi connectivity index (χ4v) is 5.11. The molecule has 0 spiro atoms. The Morgan fingerprint density at radius 2 is 1.91 bits per heavy atom. The molecule has 0 unspecified atom stereocenters. The minimum absolute atomic E-state index is 0.0158. The summed E-state index contributed by atoms with van der Waals surface area (Å²) in [5.74, 6) is 3.62. The van der Waals surface area contributed by atoms with Gasteiger partial charge in [-0.25, -0.2) is 0 Å². The number of hydrogen-bond acceptors (Lipinski definition) is 8. The number of ether oxygens (including phenoxy) is 2. The molecule has 0 saturated heterocycles. The summed E-state index contributed by atoms with van der Waals surface area (Å²) in [5.41, 5.74) is 0.961. The lowest BCUT2D eigenvalue weighted by Crippen LogP contribution is -2.15. The Morgan fingerprint density at radius 3 is 2.62 bits per heavy atom. The number of rotatable bonds is 9. The topological polar surface area (TPSA) is 88.1 Å². The number of aromatic nitrogens is 5. The van der Waals surface area contributed by atoms with Crippen LogP contribution >= 0.6 is 11.8 Å². The van der Waals surface area contributed by atoms with Gasteiger partial charge in [0.15, 0.2) is 28.3 Å². The standard InChI is InChI=1S/C23H31N5O3S/c1-5-9-20-24-22(31-27-20)15(2)32-23-26-25-21(28(23)17-10-7-6-8-11-17)16-12-13-18(29-3)19(14-16)30-4/h12-15,17H,5-11H2,1-4H3/t15-/m1/s1. The summed E-state index contributed by atoms with van der Waals surface area (Å²) in [5, 5.41) is 14.2. The second-order valence-electron chi connectivity index (χ2n) is 8.10. The highest BCUT2D eigenvalue weighted by molar-refractivity contribution is 7.99. The Labute approximate surface area is 193 Å². The predicted octanol–water partition coefficient (Wildman–Crippen LogP) is 5.66. The highest BCUT2D eigenvalue weighted by Gasteiger charge is 2.27. The molecule has 1 atom stereocenters. The summed E-state index contributed by atoms with van der Waals surface area (Å²) in [6.45, 7) is 4.18. The molecular weight excluding hydrogens is 426 g/mol. The fourth-order valence-electron chi connectivity index (χ4n) is 4.16. The van der Waals surface area contributed by atoms with Gasteiger partial charge in [-0.05, 0) is 44.4 Å². The van der Waals surface area contributed by atoms with E-state index in [1.54, 1.807) is 26.0 Å². The molecule has 1 aromatic carbocycles. The lowest BCUT2D eigenvalue weighted by atomic mass is 9.95. The molecule has 0 radical (unpaired) electrons. The van der Waals surface area contributed by atoms with E-state index in [4.69, 9.17) is 14.0 Å². The van der Waals surface area contributed by atoms with Crippen LogP contribution in [0, 0.1) is 0 Å². The van der Waals surface area contributed by atoms with Crippen LogP contribution in [0.5, 0.6) is 11.5 Å². The monoisotopic (exact) mass is 457 g/mol. The molecule has 1 aliphatic carbocycles. The van der Waals surface area contributed by atoms with E-state index in [1.165, 1.54) is 19.3 Å². The van der Waals surface area contributed by atoms with Gasteiger partial charge < -0.3 is 14.0 Å². The molecule has 2 heterocycles. The molecule has 32 heavy (non-hydrogen) atoms. The summed E-state index contributed by atoms with van der Waals surface area (Å²) in [4.78, 5) is 4.56. The zero-order valence-corrected chi connectivity index (χ0v) is 20.0. The first-order valence-corrected chi connectivity index (χ1v) is 12.2. The van der Waals surface area contributed by atoms with Crippen molar-refractivity contribution in [2.24, 2.45) is 0 Å². The van der Waals surface area contributed by atoms with Crippen LogP contribution in [0.25, 0.3) is 11.4 Å². The normalized spacial score (nSPS) is 15.6. The van der Waals surface area contributed by atoms with Crippen LogP contribution in [0.2, 0.25) is 0 Å². The Morgan fingerprint density at radius 1 is 1.12 bits per heavy atom. The summed E-state index contributed by atoms with van der Waals surface area (Å²) in [7, 11) is 3.29. The van der Waals surface area contributed by atoms with E-state index in [0.717, 1.165) is 48.1 Å². The number of methoxy groups -OCH3 is 2. The smallest absolute Gasteiger partial charge is 0.239 e. The van der Waals surface area contributed by atoms with Gasteiger partial charge in [0.2, 0.25) is 5.89 Å². The third-order valence-corrected chi connectivity index (χ3v) is 6.88. The third-order valence-electron chi connectivity index (χ3n) is 5.83. The van der Waals surface area contributed by atoms with Crippen molar-refractivity contribution in [3.63, 3.8) is 0 Å².